The van der Waals surface area contributed by atoms with Crippen LogP contribution in [0.5, 0.6) is 0 Å². The summed E-state index contributed by atoms with van der Waals surface area (Å²) >= 11 is 0. The van der Waals surface area contributed by atoms with Crippen LogP contribution >= 0.6 is 0 Å². The minimum absolute atomic E-state index is 0. The molecule has 0 unspecified atom stereocenters. The molecule has 0 spiro atoms. The van der Waals surface area contributed by atoms with Gasteiger partial charge in [0.1, 0.15) is 0 Å². The van der Waals surface area contributed by atoms with Crippen molar-refractivity contribution < 1.29 is 14.1 Å². The first kappa shape index (κ1) is 22.4. The van der Waals surface area contributed by atoms with Gasteiger partial charge in [-0.25, -0.2) is 0 Å². The Morgan fingerprint density at radius 1 is 1.08 bits per heavy atom. The third-order valence-corrected chi connectivity index (χ3v) is 0.942. The van der Waals surface area contributed by atoms with Gasteiger partial charge in [0, 0.05) is 12.4 Å². The van der Waals surface area contributed by atoms with Crippen LogP contribution in [0.1, 0.15) is 5.56 Å². The van der Waals surface area contributed by atoms with Crippen LogP contribution in [-0.2, 0) is 0 Å². The van der Waals surface area contributed by atoms with E-state index in [0.717, 1.165) is 5.56 Å². The molecule has 1 aromatic rings. The summed E-state index contributed by atoms with van der Waals surface area (Å²) in [5, 5.41) is 0. The Kier molecular flexibility index (Phi) is 23.2. The molecule has 0 aliphatic heterocycles. The molecule has 0 aromatic carbocycles. The van der Waals surface area contributed by atoms with E-state index in [1.165, 1.54) is 0 Å². The Balaban J connectivity index is -0.0000000800. The first-order valence-corrected chi connectivity index (χ1v) is 2.46. The van der Waals surface area contributed by atoms with Gasteiger partial charge in [0.15, 0.2) is 0 Å². The molecule has 0 bridgehead atoms. The topological polar surface area (TPSA) is 12.9 Å². The van der Waals surface area contributed by atoms with Crippen LogP contribution in [0, 0.1) is 0 Å². The molecule has 1 rings (SSSR count). The summed E-state index contributed by atoms with van der Waals surface area (Å²) in [6.45, 7) is 3.60. The van der Waals surface area contributed by atoms with Crippen molar-refractivity contribution in [1.82, 2.24) is 4.98 Å². The van der Waals surface area contributed by atoms with Crippen LogP contribution in [0.3, 0.4) is 0 Å². The summed E-state index contributed by atoms with van der Waals surface area (Å²) in [5.74, 6) is 0. The molecule has 0 saturated heterocycles. The molecule has 0 atom stereocenters. The summed E-state index contributed by atoms with van der Waals surface area (Å²) in [5.41, 5.74) is 1.11. The molecule has 64 valence electrons. The molecule has 0 amide bonds. The zero-order valence-electron chi connectivity index (χ0n) is 6.25. The Bertz CT molecular complexity index is 181. The standard InChI is InChI=1S/C7H7N.B.3FH/c1-2-7-3-5-8-6-4-7;;;;/h2-6H,1H2;;3*1H/q;+3;;;/p-3. The molecule has 0 aliphatic rings. The normalized spacial score (nSPS) is 5.67. The van der Waals surface area contributed by atoms with E-state index in [9.17, 15) is 0 Å². The van der Waals surface area contributed by atoms with Gasteiger partial charge < -0.3 is 14.1 Å². The maximum Gasteiger partial charge on any atom is 3.00 e. The molecule has 0 fully saturated rings. The number of hydrogen-bond donors (Lipinski definition) is 0. The largest absolute Gasteiger partial charge is 3.00 e. The monoisotopic (exact) mass is 173 g/mol. The molecule has 5 heteroatoms. The van der Waals surface area contributed by atoms with Crippen molar-refractivity contribution in [2.24, 2.45) is 0 Å². The number of halogens is 3. The molecule has 1 nitrogen and oxygen atoms in total. The first-order valence-electron chi connectivity index (χ1n) is 2.46. The smallest absolute Gasteiger partial charge is 1.00 e. The van der Waals surface area contributed by atoms with Crippen LogP contribution in [0.15, 0.2) is 31.1 Å². The second-order valence-electron chi connectivity index (χ2n) is 1.48. The first-order chi connectivity index (χ1) is 3.93. The van der Waals surface area contributed by atoms with Crippen LogP contribution < -0.4 is 14.1 Å². The van der Waals surface area contributed by atoms with Gasteiger partial charge in [-0.2, -0.15) is 0 Å². The Morgan fingerprint density at radius 2 is 1.50 bits per heavy atom. The van der Waals surface area contributed by atoms with Gasteiger partial charge in [-0.1, -0.05) is 12.7 Å². The zero-order chi connectivity index (χ0) is 5.82. The van der Waals surface area contributed by atoms with Crippen molar-refractivity contribution in [2.75, 3.05) is 0 Å². The average molecular weight is 173 g/mol. The SMILES string of the molecule is C=Cc1ccncc1.[B+3].[F-].[F-].[F-]. The van der Waals surface area contributed by atoms with Crippen LogP contribution in [-0.4, -0.2) is 13.4 Å². The molecule has 0 N–H and O–H groups in total. The maximum atomic E-state index is 3.85. The van der Waals surface area contributed by atoms with Gasteiger partial charge in [0.25, 0.3) is 0 Å². The van der Waals surface area contributed by atoms with E-state index < -0.39 is 0 Å². The molecule has 0 radical (unpaired) electrons. The van der Waals surface area contributed by atoms with Gasteiger partial charge in [0.05, 0.1) is 0 Å². The van der Waals surface area contributed by atoms with Crippen molar-refractivity contribution in [3.63, 3.8) is 0 Å². The Labute approximate surface area is 71.2 Å². The van der Waals surface area contributed by atoms with Gasteiger partial charge >= 0.3 is 8.41 Å². The summed E-state index contributed by atoms with van der Waals surface area (Å²) < 4.78 is 0. The number of aromatic nitrogens is 1. The average Bonchev–Trinajstić information content (AvgIpc) is 1.90. The van der Waals surface area contributed by atoms with E-state index in [2.05, 4.69) is 11.6 Å². The Morgan fingerprint density at radius 3 is 1.75 bits per heavy atom. The molecular weight excluding hydrogens is 166 g/mol. The van der Waals surface area contributed by atoms with E-state index >= 15 is 0 Å². The summed E-state index contributed by atoms with van der Waals surface area (Å²) in [6.07, 6.45) is 5.29. The van der Waals surface area contributed by atoms with E-state index in [-0.39, 0.29) is 22.5 Å². The number of rotatable bonds is 1. The van der Waals surface area contributed by atoms with Crippen LogP contribution in [0.4, 0.5) is 0 Å². The van der Waals surface area contributed by atoms with Gasteiger partial charge in [0.2, 0.25) is 0 Å². The quantitative estimate of drug-likeness (QED) is 0.384. The van der Waals surface area contributed by atoms with Crippen LogP contribution in [0.2, 0.25) is 0 Å². The van der Waals surface area contributed by atoms with E-state index in [0.29, 0.717) is 0 Å². The predicted octanol–water partition coefficient (Wildman–Crippen LogP) is -7.64. The van der Waals surface area contributed by atoms with Crippen molar-refractivity contribution in [2.45, 2.75) is 0 Å². The van der Waals surface area contributed by atoms with Gasteiger partial charge in [-0.3, -0.25) is 4.98 Å². The minimum atomic E-state index is 0. The predicted molar refractivity (Wildman–Crippen MR) is 40.1 cm³/mol. The fourth-order valence-corrected chi connectivity index (χ4v) is 0.500. The summed E-state index contributed by atoms with van der Waals surface area (Å²) in [6, 6.07) is 3.82. The van der Waals surface area contributed by atoms with Crippen molar-refractivity contribution in [1.29, 1.82) is 0 Å². The molecular formula is C7H7BF3N. The molecule has 1 heterocycles. The van der Waals surface area contributed by atoms with E-state index in [4.69, 9.17) is 0 Å². The van der Waals surface area contributed by atoms with Gasteiger partial charge in [-0.05, 0) is 17.7 Å². The summed E-state index contributed by atoms with van der Waals surface area (Å²) in [4.78, 5) is 3.85. The zero-order valence-corrected chi connectivity index (χ0v) is 6.25. The third-order valence-electron chi connectivity index (χ3n) is 0.942. The second kappa shape index (κ2) is 12.4. The van der Waals surface area contributed by atoms with Gasteiger partial charge in [-0.15, -0.1) is 0 Å². The second-order valence-corrected chi connectivity index (χ2v) is 1.48. The van der Waals surface area contributed by atoms with Crippen molar-refractivity contribution >= 4 is 14.5 Å². The number of hydrogen-bond acceptors (Lipinski definition) is 1. The third kappa shape index (κ3) is 6.86. The fourth-order valence-electron chi connectivity index (χ4n) is 0.500. The number of nitrogens with zero attached hydrogens (tertiary/aromatic N) is 1. The van der Waals surface area contributed by atoms with Crippen molar-refractivity contribution in [3.8, 4) is 0 Å². The van der Waals surface area contributed by atoms with Crippen molar-refractivity contribution in [3.05, 3.63) is 36.7 Å². The molecule has 0 saturated carbocycles. The van der Waals surface area contributed by atoms with E-state index in [1.54, 1.807) is 18.5 Å². The van der Waals surface area contributed by atoms with E-state index in [1.807, 2.05) is 12.1 Å². The molecule has 12 heavy (non-hydrogen) atoms. The minimum Gasteiger partial charge on any atom is -1.00 e. The van der Waals surface area contributed by atoms with Crippen LogP contribution in [0.25, 0.3) is 6.08 Å². The molecule has 0 aliphatic carbocycles. The molecule has 1 aromatic heterocycles. The number of pyridine rings is 1. The maximum absolute atomic E-state index is 3.85. The Hall–Kier alpha value is -1.26. The fraction of sp³-hybridized carbons (Fsp3) is 0. The summed E-state index contributed by atoms with van der Waals surface area (Å²) in [7, 11) is 0.